The Bertz CT molecular complexity index is 515. The van der Waals surface area contributed by atoms with Crippen molar-refractivity contribution in [2.24, 2.45) is 0 Å². The normalized spacial score (nSPS) is 15.0. The van der Waals surface area contributed by atoms with E-state index in [9.17, 15) is 9.59 Å². The van der Waals surface area contributed by atoms with Gasteiger partial charge in [-0.3, -0.25) is 9.59 Å². The van der Waals surface area contributed by atoms with Crippen molar-refractivity contribution in [2.45, 2.75) is 45.6 Å². The summed E-state index contributed by atoms with van der Waals surface area (Å²) < 4.78 is 1.86. The number of hydrogen-bond donors (Lipinski definition) is 0. The zero-order chi connectivity index (χ0) is 12.6. The Labute approximate surface area is 105 Å². The first-order chi connectivity index (χ1) is 8.00. The van der Waals surface area contributed by atoms with Crippen molar-refractivity contribution in [1.82, 2.24) is 4.57 Å². The van der Waals surface area contributed by atoms with Gasteiger partial charge in [-0.05, 0) is 56.3 Å². The number of hydrogen-bond acceptors (Lipinski definition) is 2. The van der Waals surface area contributed by atoms with Crippen molar-refractivity contribution in [2.75, 3.05) is 0 Å². The molecule has 3 nitrogen and oxygen atoms in total. The number of aromatic nitrogens is 1. The van der Waals surface area contributed by atoms with Crippen LogP contribution >= 0.6 is 11.6 Å². The highest BCUT2D eigenvalue weighted by Crippen LogP contribution is 2.34. The van der Waals surface area contributed by atoms with Gasteiger partial charge < -0.3 is 4.57 Å². The van der Waals surface area contributed by atoms with Crippen LogP contribution in [0.25, 0.3) is 0 Å². The lowest BCUT2D eigenvalue weighted by Crippen LogP contribution is -2.26. The Kier molecular flexibility index (Phi) is 3.38. The third-order valence-corrected chi connectivity index (χ3v) is 3.43. The van der Waals surface area contributed by atoms with Gasteiger partial charge in [0.2, 0.25) is 5.24 Å². The average Bonchev–Trinajstić information content (AvgIpc) is 3.00. The monoisotopic (exact) mass is 253 g/mol. The molecule has 17 heavy (non-hydrogen) atoms. The highest BCUT2D eigenvalue weighted by Gasteiger charge is 2.27. The van der Waals surface area contributed by atoms with Crippen molar-refractivity contribution >= 4 is 16.8 Å². The summed E-state index contributed by atoms with van der Waals surface area (Å²) in [6, 6.07) is 2.39. The molecule has 1 fully saturated rings. The van der Waals surface area contributed by atoms with Crippen LogP contribution in [0.4, 0.5) is 0 Å². The van der Waals surface area contributed by atoms with Gasteiger partial charge in [0.1, 0.15) is 0 Å². The topological polar surface area (TPSA) is 39.1 Å². The molecule has 1 saturated carbocycles. The third kappa shape index (κ3) is 2.60. The van der Waals surface area contributed by atoms with Crippen molar-refractivity contribution in [3.05, 3.63) is 33.2 Å². The molecule has 1 aromatic heterocycles. The molecule has 1 aliphatic carbocycles. The van der Waals surface area contributed by atoms with Gasteiger partial charge in [0.15, 0.2) is 0 Å². The maximum Gasteiger partial charge on any atom is 0.254 e. The largest absolute Gasteiger partial charge is 0.310 e. The second-order valence-corrected chi connectivity index (χ2v) is 5.13. The molecule has 0 saturated heterocycles. The predicted octanol–water partition coefficient (Wildman–Crippen LogP) is 2.50. The van der Waals surface area contributed by atoms with Gasteiger partial charge in [0.25, 0.3) is 5.56 Å². The fourth-order valence-electron chi connectivity index (χ4n) is 2.26. The van der Waals surface area contributed by atoms with Gasteiger partial charge in [0, 0.05) is 23.7 Å². The minimum absolute atomic E-state index is 0.0583. The minimum Gasteiger partial charge on any atom is -0.310 e. The standard InChI is InChI=1S/C13H16ClNO2/c1-8-7-9(2)15(10-3-4-10)13(17)11(8)5-6-12(14)16/h7,10H,3-6H2,1-2H3. The van der Waals surface area contributed by atoms with E-state index in [-0.39, 0.29) is 17.2 Å². The van der Waals surface area contributed by atoms with Crippen molar-refractivity contribution < 1.29 is 4.79 Å². The molecule has 0 atom stereocenters. The van der Waals surface area contributed by atoms with Crippen LogP contribution < -0.4 is 5.56 Å². The lowest BCUT2D eigenvalue weighted by molar-refractivity contribution is -0.111. The van der Waals surface area contributed by atoms with E-state index < -0.39 is 0 Å². The summed E-state index contributed by atoms with van der Waals surface area (Å²) in [5.74, 6) is 0. The molecule has 4 heteroatoms. The maximum absolute atomic E-state index is 12.3. The van der Waals surface area contributed by atoms with Crippen LogP contribution in [0.5, 0.6) is 0 Å². The van der Waals surface area contributed by atoms with E-state index in [0.717, 1.165) is 29.7 Å². The first-order valence-electron chi connectivity index (χ1n) is 5.90. The molecule has 1 heterocycles. The van der Waals surface area contributed by atoms with Crippen LogP contribution in [-0.2, 0) is 11.2 Å². The highest BCUT2D eigenvalue weighted by molar-refractivity contribution is 6.63. The first kappa shape index (κ1) is 12.4. The molecule has 0 amide bonds. The van der Waals surface area contributed by atoms with E-state index in [2.05, 4.69) is 0 Å². The van der Waals surface area contributed by atoms with Gasteiger partial charge >= 0.3 is 0 Å². The minimum atomic E-state index is -0.387. The molecule has 0 unspecified atom stereocenters. The van der Waals surface area contributed by atoms with Crippen LogP contribution in [0.2, 0.25) is 0 Å². The van der Waals surface area contributed by atoms with E-state index in [4.69, 9.17) is 11.6 Å². The van der Waals surface area contributed by atoms with E-state index in [0.29, 0.717) is 12.5 Å². The van der Waals surface area contributed by atoms with Crippen molar-refractivity contribution in [1.29, 1.82) is 0 Å². The van der Waals surface area contributed by atoms with Crippen LogP contribution in [0, 0.1) is 13.8 Å². The van der Waals surface area contributed by atoms with Gasteiger partial charge in [-0.1, -0.05) is 0 Å². The molecule has 0 aromatic carbocycles. The highest BCUT2D eigenvalue weighted by atomic mass is 35.5. The number of halogens is 1. The van der Waals surface area contributed by atoms with Crippen LogP contribution in [-0.4, -0.2) is 9.81 Å². The number of carbonyl (C=O) groups is 1. The number of carbonyl (C=O) groups excluding carboxylic acids is 1. The summed E-state index contributed by atoms with van der Waals surface area (Å²) in [7, 11) is 0. The average molecular weight is 254 g/mol. The van der Waals surface area contributed by atoms with Gasteiger partial charge in [-0.15, -0.1) is 0 Å². The summed E-state index contributed by atoms with van der Waals surface area (Å²) >= 11 is 5.33. The van der Waals surface area contributed by atoms with E-state index in [1.165, 1.54) is 0 Å². The SMILES string of the molecule is Cc1cc(C)n(C2CC2)c(=O)c1CCC(=O)Cl. The molecule has 0 aliphatic heterocycles. The lowest BCUT2D eigenvalue weighted by atomic mass is 10.1. The molecular formula is C13H16ClNO2. The number of rotatable bonds is 4. The summed E-state index contributed by atoms with van der Waals surface area (Å²) in [5.41, 5.74) is 2.76. The number of pyridine rings is 1. The van der Waals surface area contributed by atoms with E-state index in [1.807, 2.05) is 24.5 Å². The Morgan fingerprint density at radius 1 is 1.47 bits per heavy atom. The predicted molar refractivity (Wildman–Crippen MR) is 67.6 cm³/mol. The van der Waals surface area contributed by atoms with Crippen LogP contribution in [0.3, 0.4) is 0 Å². The van der Waals surface area contributed by atoms with Gasteiger partial charge in [-0.25, -0.2) is 0 Å². The van der Waals surface area contributed by atoms with Crippen molar-refractivity contribution in [3.8, 4) is 0 Å². The summed E-state index contributed by atoms with van der Waals surface area (Å²) in [4.78, 5) is 23.1. The Balaban J connectivity index is 2.40. The van der Waals surface area contributed by atoms with Crippen LogP contribution in [0.1, 0.15) is 42.1 Å². The van der Waals surface area contributed by atoms with E-state index >= 15 is 0 Å². The second-order valence-electron chi connectivity index (χ2n) is 4.71. The van der Waals surface area contributed by atoms with Crippen LogP contribution in [0.15, 0.2) is 10.9 Å². The molecule has 1 aliphatic rings. The fourth-order valence-corrected chi connectivity index (χ4v) is 2.35. The Hall–Kier alpha value is -1.09. The summed E-state index contributed by atoms with van der Waals surface area (Å²) in [5, 5.41) is -0.387. The molecule has 0 radical (unpaired) electrons. The second kappa shape index (κ2) is 4.65. The first-order valence-corrected chi connectivity index (χ1v) is 6.28. The molecular weight excluding hydrogens is 238 g/mol. The zero-order valence-electron chi connectivity index (χ0n) is 10.1. The number of aryl methyl sites for hydroxylation is 2. The lowest BCUT2D eigenvalue weighted by Gasteiger charge is -2.13. The molecule has 0 N–H and O–H groups in total. The molecule has 2 rings (SSSR count). The molecule has 1 aromatic rings. The summed E-state index contributed by atoms with van der Waals surface area (Å²) in [6.45, 7) is 3.88. The van der Waals surface area contributed by atoms with Gasteiger partial charge in [-0.2, -0.15) is 0 Å². The Morgan fingerprint density at radius 3 is 2.65 bits per heavy atom. The maximum atomic E-state index is 12.3. The van der Waals surface area contributed by atoms with E-state index in [1.54, 1.807) is 0 Å². The molecule has 0 spiro atoms. The third-order valence-electron chi connectivity index (χ3n) is 3.24. The van der Waals surface area contributed by atoms with Gasteiger partial charge in [0.05, 0.1) is 0 Å². The summed E-state index contributed by atoms with van der Waals surface area (Å²) in [6.07, 6.45) is 2.83. The van der Waals surface area contributed by atoms with Crippen molar-refractivity contribution in [3.63, 3.8) is 0 Å². The smallest absolute Gasteiger partial charge is 0.254 e. The Morgan fingerprint density at radius 2 is 2.12 bits per heavy atom. The molecule has 92 valence electrons. The molecule has 0 bridgehead atoms. The zero-order valence-corrected chi connectivity index (χ0v) is 10.9. The quantitative estimate of drug-likeness (QED) is 0.774. The fraction of sp³-hybridized carbons (Fsp3) is 0.538. The number of nitrogens with zero attached hydrogens (tertiary/aromatic N) is 1.